The molecule has 1 heterocycles. The molecule has 1 aliphatic rings. The first-order valence-corrected chi connectivity index (χ1v) is 10.6. The number of aliphatic hydroxyl groups excluding tert-OH is 1. The van der Waals surface area contributed by atoms with Crippen LogP contribution in [0.4, 0.5) is 0 Å². The number of ether oxygens (including phenoxy) is 3. The highest BCUT2D eigenvalue weighted by Gasteiger charge is 2.45. The van der Waals surface area contributed by atoms with Crippen LogP contribution < -0.4 is 9.47 Å². The lowest BCUT2D eigenvalue weighted by Gasteiger charge is -2.25. The summed E-state index contributed by atoms with van der Waals surface area (Å²) in [5.74, 6) is -0.260. The number of ketones is 1. The van der Waals surface area contributed by atoms with E-state index >= 15 is 0 Å². The van der Waals surface area contributed by atoms with Crippen LogP contribution in [0.3, 0.4) is 0 Å². The van der Waals surface area contributed by atoms with Crippen molar-refractivity contribution in [1.29, 1.82) is 0 Å². The van der Waals surface area contributed by atoms with Gasteiger partial charge < -0.3 is 24.2 Å². The number of aryl methyl sites for hydroxylation is 1. The second-order valence-electron chi connectivity index (χ2n) is 7.53. The minimum atomic E-state index is -0.728. The molecule has 1 amide bonds. The number of methoxy groups -OCH3 is 2. The average molecular weight is 440 g/mol. The molecule has 7 heteroatoms. The highest BCUT2D eigenvalue weighted by atomic mass is 16.5. The van der Waals surface area contributed by atoms with Gasteiger partial charge in [0.05, 0.1) is 25.3 Å². The van der Waals surface area contributed by atoms with E-state index in [4.69, 9.17) is 14.2 Å². The summed E-state index contributed by atoms with van der Waals surface area (Å²) in [6, 6.07) is 11.6. The zero-order valence-corrected chi connectivity index (χ0v) is 18.9. The van der Waals surface area contributed by atoms with E-state index in [-0.39, 0.29) is 11.3 Å². The van der Waals surface area contributed by atoms with Crippen LogP contribution in [-0.4, -0.2) is 55.7 Å². The maximum atomic E-state index is 13.1. The summed E-state index contributed by atoms with van der Waals surface area (Å²) in [6.45, 7) is 5.05. The normalized spacial score (nSPS) is 17.6. The molecule has 0 saturated carbocycles. The Morgan fingerprint density at radius 2 is 1.91 bits per heavy atom. The molecular weight excluding hydrogens is 410 g/mol. The zero-order valence-electron chi connectivity index (χ0n) is 18.9. The minimum Gasteiger partial charge on any atom is -0.507 e. The van der Waals surface area contributed by atoms with E-state index in [1.54, 1.807) is 50.6 Å². The van der Waals surface area contributed by atoms with Gasteiger partial charge in [-0.1, -0.05) is 12.1 Å². The van der Waals surface area contributed by atoms with Crippen molar-refractivity contribution < 1.29 is 28.9 Å². The Balaban J connectivity index is 2.12. The van der Waals surface area contributed by atoms with Gasteiger partial charge in [-0.2, -0.15) is 0 Å². The summed E-state index contributed by atoms with van der Waals surface area (Å²) in [6.07, 6.45) is 0.562. The van der Waals surface area contributed by atoms with Gasteiger partial charge in [-0.15, -0.1) is 0 Å². The van der Waals surface area contributed by atoms with Gasteiger partial charge in [0.25, 0.3) is 11.7 Å². The second kappa shape index (κ2) is 10.3. The van der Waals surface area contributed by atoms with E-state index in [1.165, 1.54) is 4.90 Å². The third-order valence-corrected chi connectivity index (χ3v) is 5.45. The van der Waals surface area contributed by atoms with Crippen molar-refractivity contribution in [2.24, 2.45) is 0 Å². The lowest BCUT2D eigenvalue weighted by Crippen LogP contribution is -2.31. The van der Waals surface area contributed by atoms with Crippen LogP contribution in [0, 0.1) is 6.92 Å². The largest absolute Gasteiger partial charge is 0.507 e. The summed E-state index contributed by atoms with van der Waals surface area (Å²) in [5, 5.41) is 11.2. The van der Waals surface area contributed by atoms with E-state index in [0.29, 0.717) is 48.8 Å². The van der Waals surface area contributed by atoms with Crippen molar-refractivity contribution in [3.05, 3.63) is 64.7 Å². The quantitative estimate of drug-likeness (QED) is 0.276. The van der Waals surface area contributed by atoms with Crippen LogP contribution in [0.25, 0.3) is 5.76 Å². The molecule has 7 nitrogen and oxygen atoms in total. The van der Waals surface area contributed by atoms with Gasteiger partial charge in [-0.25, -0.2) is 0 Å². The van der Waals surface area contributed by atoms with E-state index < -0.39 is 17.7 Å². The van der Waals surface area contributed by atoms with E-state index in [9.17, 15) is 14.7 Å². The summed E-state index contributed by atoms with van der Waals surface area (Å²) in [7, 11) is 3.14. The van der Waals surface area contributed by atoms with Gasteiger partial charge in [0.1, 0.15) is 17.3 Å². The fourth-order valence-corrected chi connectivity index (χ4v) is 3.92. The molecule has 0 aromatic heterocycles. The predicted octanol–water partition coefficient (Wildman–Crippen LogP) is 3.86. The van der Waals surface area contributed by atoms with Crippen molar-refractivity contribution in [1.82, 2.24) is 4.90 Å². The first kappa shape index (κ1) is 23.3. The molecule has 3 rings (SSSR count). The molecule has 0 aliphatic carbocycles. The molecule has 1 fully saturated rings. The number of aliphatic hydroxyl groups is 1. The van der Waals surface area contributed by atoms with Crippen molar-refractivity contribution in [3.8, 4) is 11.5 Å². The summed E-state index contributed by atoms with van der Waals surface area (Å²) < 4.78 is 16.0. The lowest BCUT2D eigenvalue weighted by molar-refractivity contribution is -0.140. The molecule has 0 radical (unpaired) electrons. The molecule has 0 bridgehead atoms. The van der Waals surface area contributed by atoms with E-state index in [1.807, 2.05) is 19.9 Å². The lowest BCUT2D eigenvalue weighted by atomic mass is 9.94. The van der Waals surface area contributed by atoms with Crippen molar-refractivity contribution in [2.75, 3.05) is 34.0 Å². The van der Waals surface area contributed by atoms with Crippen LogP contribution in [0.5, 0.6) is 11.5 Å². The Morgan fingerprint density at radius 3 is 2.56 bits per heavy atom. The van der Waals surface area contributed by atoms with Crippen molar-refractivity contribution in [2.45, 2.75) is 26.3 Å². The van der Waals surface area contributed by atoms with Gasteiger partial charge in [0.2, 0.25) is 0 Å². The van der Waals surface area contributed by atoms with Gasteiger partial charge >= 0.3 is 0 Å². The highest BCUT2D eigenvalue weighted by Crippen LogP contribution is 2.40. The van der Waals surface area contributed by atoms with Gasteiger partial charge in [-0.05, 0) is 61.7 Å². The fourth-order valence-electron chi connectivity index (χ4n) is 3.92. The van der Waals surface area contributed by atoms with Crippen LogP contribution in [0.2, 0.25) is 0 Å². The first-order chi connectivity index (χ1) is 15.4. The summed E-state index contributed by atoms with van der Waals surface area (Å²) >= 11 is 0. The van der Waals surface area contributed by atoms with Gasteiger partial charge in [0.15, 0.2) is 0 Å². The molecule has 0 spiro atoms. The standard InChI is InChI=1S/C25H29NO6/c1-5-32-20-11-10-18(14-16(20)2)23(27)21-22(17-8-6-9-19(15-17)31-4)26(12-7-13-30-3)25(29)24(21)28/h6,8-11,14-15,22,27H,5,7,12-13H2,1-4H3/b23-21-. The van der Waals surface area contributed by atoms with Crippen LogP contribution in [0.1, 0.15) is 36.1 Å². The Labute approximate surface area is 188 Å². The minimum absolute atomic E-state index is 0.0595. The zero-order chi connectivity index (χ0) is 23.3. The molecule has 1 atom stereocenters. The molecule has 32 heavy (non-hydrogen) atoms. The van der Waals surface area contributed by atoms with Gasteiger partial charge in [0, 0.05) is 25.8 Å². The smallest absolute Gasteiger partial charge is 0.295 e. The number of rotatable bonds is 9. The first-order valence-electron chi connectivity index (χ1n) is 10.6. The topological polar surface area (TPSA) is 85.3 Å². The monoisotopic (exact) mass is 439 g/mol. The fraction of sp³-hybridized carbons (Fsp3) is 0.360. The number of nitrogens with zero attached hydrogens (tertiary/aromatic N) is 1. The Hall–Kier alpha value is -3.32. The van der Waals surface area contributed by atoms with Crippen LogP contribution in [-0.2, 0) is 14.3 Å². The Bertz CT molecular complexity index is 1030. The summed E-state index contributed by atoms with van der Waals surface area (Å²) in [5.41, 5.74) is 2.02. The van der Waals surface area contributed by atoms with Crippen LogP contribution in [0.15, 0.2) is 48.0 Å². The maximum Gasteiger partial charge on any atom is 0.295 e. The number of carbonyl (C=O) groups is 2. The molecule has 2 aromatic rings. The SMILES string of the molecule is CCOc1ccc(/C(O)=C2/C(=O)C(=O)N(CCCOC)C2c2cccc(OC)c2)cc1C. The molecule has 1 unspecified atom stereocenters. The van der Waals surface area contributed by atoms with Crippen LogP contribution >= 0.6 is 0 Å². The van der Waals surface area contributed by atoms with E-state index in [0.717, 1.165) is 5.56 Å². The number of carbonyl (C=O) groups excluding carboxylic acids is 2. The highest BCUT2D eigenvalue weighted by molar-refractivity contribution is 6.46. The molecule has 1 N–H and O–H groups in total. The van der Waals surface area contributed by atoms with E-state index in [2.05, 4.69) is 0 Å². The average Bonchev–Trinajstić information content (AvgIpc) is 3.05. The Kier molecular flexibility index (Phi) is 7.53. The Morgan fingerprint density at radius 1 is 1.12 bits per heavy atom. The third-order valence-electron chi connectivity index (χ3n) is 5.45. The van der Waals surface area contributed by atoms with Crippen molar-refractivity contribution in [3.63, 3.8) is 0 Å². The summed E-state index contributed by atoms with van der Waals surface area (Å²) in [4.78, 5) is 27.5. The molecular formula is C25H29NO6. The molecule has 1 aliphatic heterocycles. The third kappa shape index (κ3) is 4.62. The number of benzene rings is 2. The maximum absolute atomic E-state index is 13.1. The number of Topliss-reactive ketones (excluding diaryl/α,β-unsaturated/α-hetero) is 1. The molecule has 170 valence electrons. The molecule has 2 aromatic carbocycles. The van der Waals surface area contributed by atoms with Crippen molar-refractivity contribution >= 4 is 17.4 Å². The number of hydrogen-bond acceptors (Lipinski definition) is 6. The van der Waals surface area contributed by atoms with Gasteiger partial charge in [-0.3, -0.25) is 9.59 Å². The second-order valence-corrected chi connectivity index (χ2v) is 7.53. The predicted molar refractivity (Wildman–Crippen MR) is 121 cm³/mol. The number of hydrogen-bond donors (Lipinski definition) is 1. The number of amides is 1. The molecule has 1 saturated heterocycles. The number of likely N-dealkylation sites (tertiary alicyclic amines) is 1.